The molecule has 0 spiro atoms. The van der Waals surface area contributed by atoms with Crippen molar-refractivity contribution in [3.8, 4) is 0 Å². The van der Waals surface area contributed by atoms with E-state index in [-0.39, 0.29) is 0 Å². The Morgan fingerprint density at radius 1 is 1.62 bits per heavy atom. The predicted octanol–water partition coefficient (Wildman–Crippen LogP) is 1.48. The van der Waals surface area contributed by atoms with Gasteiger partial charge in [0.05, 0.1) is 5.92 Å². The van der Waals surface area contributed by atoms with E-state index in [1.807, 2.05) is 6.92 Å². The van der Waals surface area contributed by atoms with Crippen molar-refractivity contribution in [3.63, 3.8) is 0 Å². The summed E-state index contributed by atoms with van der Waals surface area (Å²) in [5.74, 6) is -0.697. The fourth-order valence-corrected chi connectivity index (χ4v) is 1.59. The van der Waals surface area contributed by atoms with Gasteiger partial charge < -0.3 is 5.11 Å². The molecule has 0 aliphatic carbocycles. The molecule has 0 saturated heterocycles. The lowest BCUT2D eigenvalue weighted by atomic mass is 10.0. The number of pyridine rings is 1. The van der Waals surface area contributed by atoms with Crippen LogP contribution in [0.1, 0.15) is 31.2 Å². The number of aryl methyl sites for hydroxylation is 1. The van der Waals surface area contributed by atoms with Gasteiger partial charge in [0.25, 0.3) is 0 Å². The van der Waals surface area contributed by atoms with Gasteiger partial charge >= 0.3 is 5.97 Å². The molecule has 0 amide bonds. The van der Waals surface area contributed by atoms with Gasteiger partial charge in [-0.15, -0.1) is 0 Å². The van der Waals surface area contributed by atoms with Crippen molar-refractivity contribution >= 4 is 11.6 Å². The van der Waals surface area contributed by atoms with Crippen LogP contribution in [0.4, 0.5) is 0 Å². The highest BCUT2D eigenvalue weighted by Crippen LogP contribution is 2.19. The molecule has 1 N–H and O–H groups in total. The smallest absolute Gasteiger partial charge is 0.310 e. The zero-order valence-corrected chi connectivity index (χ0v) is 9.21. The van der Waals surface area contributed by atoms with Crippen molar-refractivity contribution in [1.29, 1.82) is 0 Å². The molecule has 2 aromatic rings. The van der Waals surface area contributed by atoms with Crippen LogP contribution in [0.3, 0.4) is 0 Å². The number of aliphatic carboxylic acids is 1. The molecule has 16 heavy (non-hydrogen) atoms. The van der Waals surface area contributed by atoms with Crippen LogP contribution in [0.15, 0.2) is 18.3 Å². The molecule has 0 aromatic carbocycles. The standard InChI is InChI=1S/C11H13N3O2/c1-3-9-12-10-8(7(2)11(15)16)5-4-6-14(10)13-9/h4-7H,3H2,1-2H3,(H,15,16). The van der Waals surface area contributed by atoms with Crippen molar-refractivity contribution in [3.05, 3.63) is 29.7 Å². The molecule has 5 heteroatoms. The largest absolute Gasteiger partial charge is 0.481 e. The Hall–Kier alpha value is -1.91. The van der Waals surface area contributed by atoms with E-state index in [2.05, 4.69) is 10.1 Å². The monoisotopic (exact) mass is 219 g/mol. The molecule has 0 bridgehead atoms. The lowest BCUT2D eigenvalue weighted by Gasteiger charge is -2.06. The van der Waals surface area contributed by atoms with E-state index in [1.165, 1.54) is 0 Å². The second-order valence-electron chi connectivity index (χ2n) is 3.67. The summed E-state index contributed by atoms with van der Waals surface area (Å²) < 4.78 is 1.63. The van der Waals surface area contributed by atoms with Crippen LogP contribution in [0.5, 0.6) is 0 Å². The van der Waals surface area contributed by atoms with Crippen LogP contribution < -0.4 is 0 Å². The summed E-state index contributed by atoms with van der Waals surface area (Å²) in [6.07, 6.45) is 2.52. The van der Waals surface area contributed by atoms with Gasteiger partial charge in [0, 0.05) is 18.2 Å². The first-order chi connectivity index (χ1) is 7.63. The van der Waals surface area contributed by atoms with Crippen LogP contribution in [0.25, 0.3) is 5.65 Å². The van der Waals surface area contributed by atoms with Crippen LogP contribution in [-0.4, -0.2) is 25.7 Å². The van der Waals surface area contributed by atoms with Crippen molar-refractivity contribution in [1.82, 2.24) is 14.6 Å². The number of carboxylic acids is 1. The van der Waals surface area contributed by atoms with E-state index in [1.54, 1.807) is 29.8 Å². The number of hydrogen-bond donors (Lipinski definition) is 1. The van der Waals surface area contributed by atoms with Gasteiger partial charge in [-0.1, -0.05) is 13.0 Å². The average molecular weight is 219 g/mol. The Morgan fingerprint density at radius 3 is 3.00 bits per heavy atom. The maximum atomic E-state index is 11.0. The van der Waals surface area contributed by atoms with Gasteiger partial charge in [-0.2, -0.15) is 5.10 Å². The predicted molar refractivity (Wildman–Crippen MR) is 58.4 cm³/mol. The normalized spacial score (nSPS) is 12.9. The number of carbonyl (C=O) groups is 1. The number of hydrogen-bond acceptors (Lipinski definition) is 3. The molecule has 1 unspecified atom stereocenters. The summed E-state index contributed by atoms with van der Waals surface area (Å²) in [7, 11) is 0. The summed E-state index contributed by atoms with van der Waals surface area (Å²) in [6, 6.07) is 3.57. The minimum atomic E-state index is -0.853. The van der Waals surface area contributed by atoms with E-state index >= 15 is 0 Å². The maximum Gasteiger partial charge on any atom is 0.310 e. The highest BCUT2D eigenvalue weighted by molar-refractivity contribution is 5.78. The summed E-state index contributed by atoms with van der Waals surface area (Å²) in [5.41, 5.74) is 1.33. The molecule has 0 aliphatic rings. The molecule has 1 atom stereocenters. The Morgan fingerprint density at radius 2 is 2.38 bits per heavy atom. The number of fused-ring (bicyclic) bond motifs is 1. The molecule has 5 nitrogen and oxygen atoms in total. The molecule has 2 rings (SSSR count). The van der Waals surface area contributed by atoms with E-state index in [0.717, 1.165) is 12.2 Å². The topological polar surface area (TPSA) is 67.5 Å². The number of carboxylic acid groups (broad SMARTS) is 1. The third kappa shape index (κ3) is 1.64. The van der Waals surface area contributed by atoms with E-state index in [9.17, 15) is 4.79 Å². The van der Waals surface area contributed by atoms with E-state index in [0.29, 0.717) is 11.2 Å². The van der Waals surface area contributed by atoms with Gasteiger partial charge in [0.1, 0.15) is 0 Å². The van der Waals surface area contributed by atoms with Gasteiger partial charge in [0.15, 0.2) is 11.5 Å². The maximum absolute atomic E-state index is 11.0. The van der Waals surface area contributed by atoms with Crippen LogP contribution in [-0.2, 0) is 11.2 Å². The average Bonchev–Trinajstić information content (AvgIpc) is 2.70. The van der Waals surface area contributed by atoms with Crippen molar-refractivity contribution < 1.29 is 9.90 Å². The minimum absolute atomic E-state index is 0.572. The molecule has 84 valence electrons. The van der Waals surface area contributed by atoms with Crippen LogP contribution in [0.2, 0.25) is 0 Å². The molecular formula is C11H13N3O2. The molecule has 0 radical (unpaired) electrons. The van der Waals surface area contributed by atoms with Gasteiger partial charge in [-0.25, -0.2) is 9.50 Å². The fourth-order valence-electron chi connectivity index (χ4n) is 1.59. The van der Waals surface area contributed by atoms with E-state index < -0.39 is 11.9 Å². The van der Waals surface area contributed by atoms with E-state index in [4.69, 9.17) is 5.11 Å². The number of aromatic nitrogens is 3. The van der Waals surface area contributed by atoms with Gasteiger partial charge in [-0.3, -0.25) is 4.79 Å². The summed E-state index contributed by atoms with van der Waals surface area (Å²) in [4.78, 5) is 15.3. The molecule has 2 heterocycles. The highest BCUT2D eigenvalue weighted by atomic mass is 16.4. The van der Waals surface area contributed by atoms with Crippen molar-refractivity contribution in [2.75, 3.05) is 0 Å². The van der Waals surface area contributed by atoms with Crippen molar-refractivity contribution in [2.45, 2.75) is 26.2 Å². The zero-order valence-electron chi connectivity index (χ0n) is 9.21. The lowest BCUT2D eigenvalue weighted by Crippen LogP contribution is -2.09. The van der Waals surface area contributed by atoms with Crippen LogP contribution in [0, 0.1) is 0 Å². The summed E-state index contributed by atoms with van der Waals surface area (Å²) in [5, 5.41) is 13.2. The SMILES string of the molecule is CCc1nc2c(C(C)C(=O)O)cccn2n1. The quantitative estimate of drug-likeness (QED) is 0.849. The summed E-state index contributed by atoms with van der Waals surface area (Å²) >= 11 is 0. The Balaban J connectivity index is 2.60. The molecule has 0 aliphatic heterocycles. The Bertz CT molecular complexity index is 533. The number of rotatable bonds is 3. The first-order valence-corrected chi connectivity index (χ1v) is 5.20. The first-order valence-electron chi connectivity index (χ1n) is 5.20. The first kappa shape index (κ1) is 10.6. The molecule has 0 fully saturated rings. The third-order valence-corrected chi connectivity index (χ3v) is 2.59. The number of nitrogens with zero attached hydrogens (tertiary/aromatic N) is 3. The van der Waals surface area contributed by atoms with Gasteiger partial charge in [-0.05, 0) is 13.0 Å². The minimum Gasteiger partial charge on any atom is -0.481 e. The van der Waals surface area contributed by atoms with Crippen molar-refractivity contribution in [2.24, 2.45) is 0 Å². The van der Waals surface area contributed by atoms with Crippen LogP contribution >= 0.6 is 0 Å². The Labute approximate surface area is 92.7 Å². The molecule has 2 aromatic heterocycles. The second-order valence-corrected chi connectivity index (χ2v) is 3.67. The highest BCUT2D eigenvalue weighted by Gasteiger charge is 2.18. The fraction of sp³-hybridized carbons (Fsp3) is 0.364. The molecule has 0 saturated carbocycles. The van der Waals surface area contributed by atoms with Gasteiger partial charge in [0.2, 0.25) is 0 Å². The lowest BCUT2D eigenvalue weighted by molar-refractivity contribution is -0.138. The molecular weight excluding hydrogens is 206 g/mol. The summed E-state index contributed by atoms with van der Waals surface area (Å²) in [6.45, 7) is 3.62. The zero-order chi connectivity index (χ0) is 11.7. The third-order valence-electron chi connectivity index (χ3n) is 2.59. The Kier molecular flexibility index (Phi) is 2.60. The second kappa shape index (κ2) is 3.92.